The zero-order valence-electron chi connectivity index (χ0n) is 18.5. The maximum Gasteiger partial charge on any atom is 0.250 e. The summed E-state index contributed by atoms with van der Waals surface area (Å²) in [6.45, 7) is 1.50. The SMILES string of the molecule is O=C(NC1CCCCC1)[C@H]1[C@H](CO)[C@H]2Cn3c(cccc3=O)[C@H]2N1CC1CCCCC1. The second kappa shape index (κ2) is 9.07. The maximum atomic E-state index is 13.6. The van der Waals surface area contributed by atoms with Crippen LogP contribution in [0.25, 0.3) is 0 Å². The van der Waals surface area contributed by atoms with Gasteiger partial charge in [0.15, 0.2) is 0 Å². The largest absolute Gasteiger partial charge is 0.396 e. The minimum Gasteiger partial charge on any atom is -0.396 e. The Bertz CT molecular complexity index is 841. The summed E-state index contributed by atoms with van der Waals surface area (Å²) in [4.78, 5) is 28.5. The van der Waals surface area contributed by atoms with E-state index in [1.165, 1.54) is 51.4 Å². The molecule has 6 nitrogen and oxygen atoms in total. The number of amides is 1. The number of nitrogens with one attached hydrogen (secondary N) is 1. The van der Waals surface area contributed by atoms with Crippen LogP contribution in [0.1, 0.15) is 75.9 Å². The molecule has 3 heterocycles. The van der Waals surface area contributed by atoms with Crippen molar-refractivity contribution in [2.45, 2.75) is 88.9 Å². The van der Waals surface area contributed by atoms with Crippen LogP contribution in [0.4, 0.5) is 0 Å². The van der Waals surface area contributed by atoms with Crippen molar-refractivity contribution in [2.75, 3.05) is 13.2 Å². The Labute approximate surface area is 185 Å². The molecule has 1 aromatic heterocycles. The van der Waals surface area contributed by atoms with Crippen LogP contribution >= 0.6 is 0 Å². The van der Waals surface area contributed by atoms with Gasteiger partial charge in [-0.25, -0.2) is 0 Å². The monoisotopic (exact) mass is 427 g/mol. The number of hydrogen-bond donors (Lipinski definition) is 2. The molecule has 0 spiro atoms. The molecule has 2 N–H and O–H groups in total. The van der Waals surface area contributed by atoms with Crippen molar-refractivity contribution in [1.82, 2.24) is 14.8 Å². The second-order valence-corrected chi connectivity index (χ2v) is 10.3. The first-order chi connectivity index (χ1) is 15.2. The highest BCUT2D eigenvalue weighted by molar-refractivity contribution is 5.83. The molecule has 2 aliphatic carbocycles. The fourth-order valence-corrected chi connectivity index (χ4v) is 6.97. The zero-order chi connectivity index (χ0) is 21.4. The molecule has 0 aromatic carbocycles. The number of hydrogen-bond acceptors (Lipinski definition) is 4. The van der Waals surface area contributed by atoms with Crippen LogP contribution < -0.4 is 10.9 Å². The van der Waals surface area contributed by atoms with Crippen molar-refractivity contribution < 1.29 is 9.90 Å². The van der Waals surface area contributed by atoms with Crippen molar-refractivity contribution in [2.24, 2.45) is 17.8 Å². The van der Waals surface area contributed by atoms with E-state index in [0.29, 0.717) is 12.5 Å². The quantitative estimate of drug-likeness (QED) is 0.758. The van der Waals surface area contributed by atoms with E-state index in [1.54, 1.807) is 6.07 Å². The molecule has 0 bridgehead atoms. The minimum atomic E-state index is -0.298. The summed E-state index contributed by atoms with van der Waals surface area (Å²) >= 11 is 0. The fourth-order valence-electron chi connectivity index (χ4n) is 6.97. The number of aliphatic hydroxyl groups excluding tert-OH is 1. The topological polar surface area (TPSA) is 74.6 Å². The maximum absolute atomic E-state index is 13.6. The van der Waals surface area contributed by atoms with Gasteiger partial charge in [-0.2, -0.15) is 0 Å². The van der Waals surface area contributed by atoms with Crippen LogP contribution in [0, 0.1) is 17.8 Å². The van der Waals surface area contributed by atoms with Crippen molar-refractivity contribution >= 4 is 5.91 Å². The molecule has 4 aliphatic rings. The molecule has 0 radical (unpaired) electrons. The van der Waals surface area contributed by atoms with Crippen molar-refractivity contribution in [3.8, 4) is 0 Å². The number of aliphatic hydroxyl groups is 1. The smallest absolute Gasteiger partial charge is 0.250 e. The number of carbonyl (C=O) groups excluding carboxylic acids is 1. The molecule has 3 fully saturated rings. The number of fused-ring (bicyclic) bond motifs is 3. The van der Waals surface area contributed by atoms with Gasteiger partial charge in [-0.15, -0.1) is 0 Å². The molecule has 31 heavy (non-hydrogen) atoms. The Hall–Kier alpha value is -1.66. The van der Waals surface area contributed by atoms with Gasteiger partial charge in [0, 0.05) is 49.3 Å². The fraction of sp³-hybridized carbons (Fsp3) is 0.760. The van der Waals surface area contributed by atoms with Gasteiger partial charge in [-0.3, -0.25) is 14.5 Å². The third-order valence-electron chi connectivity index (χ3n) is 8.48. The van der Waals surface area contributed by atoms with E-state index >= 15 is 0 Å². The van der Waals surface area contributed by atoms with E-state index in [2.05, 4.69) is 16.3 Å². The molecular formula is C25H37N3O3. The normalized spacial score (nSPS) is 32.0. The molecule has 2 aliphatic heterocycles. The summed E-state index contributed by atoms with van der Waals surface area (Å²) < 4.78 is 1.88. The number of nitrogens with zero attached hydrogens (tertiary/aromatic N) is 2. The Morgan fingerprint density at radius 2 is 1.74 bits per heavy atom. The molecule has 4 atom stereocenters. The lowest BCUT2D eigenvalue weighted by Gasteiger charge is -2.36. The number of rotatable bonds is 5. The summed E-state index contributed by atoms with van der Waals surface area (Å²) in [5.41, 5.74) is 1.06. The molecule has 0 unspecified atom stereocenters. The summed E-state index contributed by atoms with van der Waals surface area (Å²) in [6, 6.07) is 5.54. The predicted molar refractivity (Wildman–Crippen MR) is 120 cm³/mol. The van der Waals surface area contributed by atoms with Crippen LogP contribution in [-0.2, 0) is 11.3 Å². The Kier molecular flexibility index (Phi) is 6.20. The number of aromatic nitrogens is 1. The van der Waals surface area contributed by atoms with Crippen LogP contribution in [0.2, 0.25) is 0 Å². The molecular weight excluding hydrogens is 390 g/mol. The molecule has 2 saturated carbocycles. The van der Waals surface area contributed by atoms with Gasteiger partial charge in [0.25, 0.3) is 5.56 Å². The highest BCUT2D eigenvalue weighted by Crippen LogP contribution is 2.49. The van der Waals surface area contributed by atoms with E-state index in [-0.39, 0.29) is 48.0 Å². The van der Waals surface area contributed by atoms with Gasteiger partial charge >= 0.3 is 0 Å². The Morgan fingerprint density at radius 3 is 2.45 bits per heavy atom. The van der Waals surface area contributed by atoms with Gasteiger partial charge < -0.3 is 15.0 Å². The molecule has 1 amide bonds. The van der Waals surface area contributed by atoms with Crippen LogP contribution in [0.3, 0.4) is 0 Å². The summed E-state index contributed by atoms with van der Waals surface area (Å²) in [5, 5.41) is 13.8. The number of likely N-dealkylation sites (tertiary alicyclic amines) is 1. The third kappa shape index (κ3) is 3.97. The second-order valence-electron chi connectivity index (χ2n) is 10.3. The van der Waals surface area contributed by atoms with E-state index in [1.807, 2.05) is 10.6 Å². The molecule has 170 valence electrons. The van der Waals surface area contributed by atoms with Crippen molar-refractivity contribution in [3.05, 3.63) is 34.2 Å². The molecule has 5 rings (SSSR count). The van der Waals surface area contributed by atoms with E-state index < -0.39 is 0 Å². The first-order valence-electron chi connectivity index (χ1n) is 12.5. The molecule has 6 heteroatoms. The van der Waals surface area contributed by atoms with Gasteiger partial charge in [-0.05, 0) is 37.7 Å². The first kappa shape index (κ1) is 21.2. The van der Waals surface area contributed by atoms with E-state index in [4.69, 9.17) is 0 Å². The minimum absolute atomic E-state index is 0.00613. The van der Waals surface area contributed by atoms with Crippen molar-refractivity contribution in [1.29, 1.82) is 0 Å². The third-order valence-corrected chi connectivity index (χ3v) is 8.48. The predicted octanol–water partition coefficient (Wildman–Crippen LogP) is 2.84. The van der Waals surface area contributed by atoms with Gasteiger partial charge in [-0.1, -0.05) is 44.6 Å². The van der Waals surface area contributed by atoms with Gasteiger partial charge in [0.05, 0.1) is 12.1 Å². The first-order valence-corrected chi connectivity index (χ1v) is 12.5. The summed E-state index contributed by atoms with van der Waals surface area (Å²) in [7, 11) is 0. The zero-order valence-corrected chi connectivity index (χ0v) is 18.5. The lowest BCUT2D eigenvalue weighted by atomic mass is 9.87. The lowest BCUT2D eigenvalue weighted by molar-refractivity contribution is -0.129. The lowest BCUT2D eigenvalue weighted by Crippen LogP contribution is -2.52. The van der Waals surface area contributed by atoms with E-state index in [9.17, 15) is 14.7 Å². The highest BCUT2D eigenvalue weighted by atomic mass is 16.3. The average Bonchev–Trinajstić information content (AvgIpc) is 3.31. The van der Waals surface area contributed by atoms with Crippen LogP contribution in [0.5, 0.6) is 0 Å². The van der Waals surface area contributed by atoms with Crippen molar-refractivity contribution in [3.63, 3.8) is 0 Å². The Balaban J connectivity index is 1.45. The van der Waals surface area contributed by atoms with Gasteiger partial charge in [0.2, 0.25) is 5.91 Å². The summed E-state index contributed by atoms with van der Waals surface area (Å²) in [5.74, 6) is 0.685. The number of pyridine rings is 1. The average molecular weight is 428 g/mol. The van der Waals surface area contributed by atoms with Gasteiger partial charge in [0.1, 0.15) is 0 Å². The van der Waals surface area contributed by atoms with E-state index in [0.717, 1.165) is 25.1 Å². The Morgan fingerprint density at radius 1 is 1.03 bits per heavy atom. The molecule has 1 saturated heterocycles. The van der Waals surface area contributed by atoms with Crippen LogP contribution in [0.15, 0.2) is 23.0 Å². The van der Waals surface area contributed by atoms with Crippen LogP contribution in [-0.4, -0.2) is 45.7 Å². The highest BCUT2D eigenvalue weighted by Gasteiger charge is 2.55. The molecule has 1 aromatic rings. The standard InChI is InChI=1S/C25H37N3O3/c29-16-20-19-15-27-21(12-7-13-22(27)30)23(19)28(14-17-8-3-1-4-9-17)24(20)25(31)26-18-10-5-2-6-11-18/h7,12-13,17-20,23-24,29H,1-6,8-11,14-16H2,(H,26,31)/t19-,20-,23+,24-/m1/s1. The summed E-state index contributed by atoms with van der Waals surface area (Å²) in [6.07, 6.45) is 12.1. The number of carbonyl (C=O) groups is 1.